The van der Waals surface area contributed by atoms with Gasteiger partial charge in [-0.05, 0) is 84.9 Å². The third-order valence-corrected chi connectivity index (χ3v) is 7.23. The predicted octanol–water partition coefficient (Wildman–Crippen LogP) is 8.90. The second-order valence-electron chi connectivity index (χ2n) is 10.5. The Morgan fingerprint density at radius 1 is 0.292 bits per heavy atom. The zero-order valence-electron chi connectivity index (χ0n) is 25.8. The number of para-hydroxylation sites is 12. The molecule has 230 valence electrons. The lowest BCUT2D eigenvalue weighted by Crippen LogP contribution is -2.01. The monoisotopic (exact) mass is 623 g/mol. The standard InChI is InChI=1S/3C12H8N2.C4H5NO/c3*1-2-6-10-9(5-1)13-11-7-3-4-8-12(11)14-10;1-2-4-6-5-3-1/h3*1-8H;1-5H. The Balaban J connectivity index is 0.000000105. The maximum atomic E-state index is 4.55. The van der Waals surface area contributed by atoms with Gasteiger partial charge in [0.2, 0.25) is 0 Å². The van der Waals surface area contributed by atoms with E-state index >= 15 is 0 Å². The van der Waals surface area contributed by atoms with Gasteiger partial charge in [-0.2, -0.15) is 0 Å². The molecule has 0 spiro atoms. The summed E-state index contributed by atoms with van der Waals surface area (Å²) in [6.07, 6.45) is 6.93. The van der Waals surface area contributed by atoms with Gasteiger partial charge in [0, 0.05) is 6.20 Å². The third-order valence-electron chi connectivity index (χ3n) is 7.23. The molecule has 1 aliphatic heterocycles. The van der Waals surface area contributed by atoms with Crippen molar-refractivity contribution in [2.75, 3.05) is 0 Å². The highest BCUT2D eigenvalue weighted by Gasteiger charge is 2.00. The van der Waals surface area contributed by atoms with Crippen molar-refractivity contribution in [1.82, 2.24) is 35.4 Å². The van der Waals surface area contributed by atoms with Crippen molar-refractivity contribution in [3.05, 3.63) is 170 Å². The Morgan fingerprint density at radius 3 is 0.604 bits per heavy atom. The Kier molecular flexibility index (Phi) is 9.05. The van der Waals surface area contributed by atoms with Crippen molar-refractivity contribution in [3.8, 4) is 0 Å². The predicted molar refractivity (Wildman–Crippen MR) is 194 cm³/mol. The number of benzene rings is 6. The van der Waals surface area contributed by atoms with E-state index in [2.05, 4.69) is 40.2 Å². The van der Waals surface area contributed by atoms with Gasteiger partial charge in [0.15, 0.2) is 0 Å². The normalized spacial score (nSPS) is 11.5. The van der Waals surface area contributed by atoms with Crippen molar-refractivity contribution in [2.45, 2.75) is 0 Å². The Hall–Kier alpha value is -6.80. The fourth-order valence-corrected chi connectivity index (χ4v) is 4.96. The van der Waals surface area contributed by atoms with Crippen LogP contribution >= 0.6 is 0 Å². The molecule has 1 N–H and O–H groups in total. The van der Waals surface area contributed by atoms with Gasteiger partial charge >= 0.3 is 0 Å². The van der Waals surface area contributed by atoms with E-state index < -0.39 is 0 Å². The molecule has 3 aromatic heterocycles. The summed E-state index contributed by atoms with van der Waals surface area (Å²) >= 11 is 0. The molecule has 4 heterocycles. The summed E-state index contributed by atoms with van der Waals surface area (Å²) in [6.45, 7) is 0. The van der Waals surface area contributed by atoms with Crippen molar-refractivity contribution in [3.63, 3.8) is 0 Å². The van der Waals surface area contributed by atoms with Gasteiger partial charge in [0.25, 0.3) is 0 Å². The number of allylic oxidation sites excluding steroid dienone is 2. The molecule has 0 saturated heterocycles. The molecule has 1 aliphatic rings. The van der Waals surface area contributed by atoms with Crippen LogP contribution in [0.5, 0.6) is 0 Å². The van der Waals surface area contributed by atoms with Gasteiger partial charge in [-0.3, -0.25) is 0 Å². The van der Waals surface area contributed by atoms with E-state index in [0.29, 0.717) is 0 Å². The van der Waals surface area contributed by atoms with Crippen LogP contribution < -0.4 is 5.48 Å². The van der Waals surface area contributed by atoms with Gasteiger partial charge in [-0.1, -0.05) is 72.8 Å². The second-order valence-corrected chi connectivity index (χ2v) is 10.5. The van der Waals surface area contributed by atoms with Crippen LogP contribution in [0.15, 0.2) is 170 Å². The minimum Gasteiger partial charge on any atom is -0.391 e. The molecule has 0 radical (unpaired) electrons. The van der Waals surface area contributed by atoms with Crippen LogP contribution in [0.4, 0.5) is 0 Å². The van der Waals surface area contributed by atoms with Gasteiger partial charge in [-0.25, -0.2) is 35.4 Å². The molecule has 10 rings (SSSR count). The first kappa shape index (κ1) is 29.9. The van der Waals surface area contributed by atoms with E-state index in [9.17, 15) is 0 Å². The average Bonchev–Trinajstić information content (AvgIpc) is 3.17. The zero-order chi connectivity index (χ0) is 32.4. The lowest BCUT2D eigenvalue weighted by atomic mass is 10.2. The topological polar surface area (TPSA) is 98.6 Å². The molecule has 9 aromatic rings. The summed E-state index contributed by atoms with van der Waals surface area (Å²) in [5.74, 6) is 0. The van der Waals surface area contributed by atoms with Gasteiger partial charge in [-0.15, -0.1) is 0 Å². The smallest absolute Gasteiger partial charge is 0.119 e. The van der Waals surface area contributed by atoms with Crippen LogP contribution in [0.25, 0.3) is 66.2 Å². The second kappa shape index (κ2) is 14.5. The molecule has 0 amide bonds. The van der Waals surface area contributed by atoms with Crippen LogP contribution in [0.3, 0.4) is 0 Å². The summed E-state index contributed by atoms with van der Waals surface area (Å²) < 4.78 is 0. The number of hydrogen-bond acceptors (Lipinski definition) is 8. The fraction of sp³-hybridized carbons (Fsp3) is 0. The zero-order valence-corrected chi connectivity index (χ0v) is 25.8. The number of hydroxylamine groups is 1. The van der Waals surface area contributed by atoms with Crippen LogP contribution in [0.2, 0.25) is 0 Å². The molecule has 0 fully saturated rings. The third kappa shape index (κ3) is 7.19. The number of fused-ring (bicyclic) bond motifs is 6. The van der Waals surface area contributed by atoms with Crippen molar-refractivity contribution in [2.24, 2.45) is 0 Å². The van der Waals surface area contributed by atoms with Gasteiger partial charge in [0.1, 0.15) is 6.26 Å². The first-order valence-electron chi connectivity index (χ1n) is 15.4. The molecular weight excluding hydrogens is 594 g/mol. The molecule has 0 aliphatic carbocycles. The van der Waals surface area contributed by atoms with E-state index in [1.807, 2.05) is 152 Å². The molecule has 6 aromatic carbocycles. The summed E-state index contributed by atoms with van der Waals surface area (Å²) in [5, 5.41) is 0. The van der Waals surface area contributed by atoms with E-state index in [0.717, 1.165) is 66.2 Å². The molecule has 0 atom stereocenters. The average molecular weight is 624 g/mol. The number of nitrogens with one attached hydrogen (secondary N) is 1. The molecule has 0 bridgehead atoms. The molecule has 8 heteroatoms. The minimum atomic E-state index is 0.950. The minimum absolute atomic E-state index is 0.950. The van der Waals surface area contributed by atoms with Crippen molar-refractivity contribution in [1.29, 1.82) is 0 Å². The summed E-state index contributed by atoms with van der Waals surface area (Å²) in [4.78, 5) is 31.6. The number of nitrogens with zero attached hydrogens (tertiary/aromatic N) is 6. The van der Waals surface area contributed by atoms with E-state index in [4.69, 9.17) is 0 Å². The number of aromatic nitrogens is 6. The highest BCUT2D eigenvalue weighted by atomic mass is 16.6. The van der Waals surface area contributed by atoms with Crippen LogP contribution in [-0.2, 0) is 4.84 Å². The molecular formula is C40H29N7O. The maximum Gasteiger partial charge on any atom is 0.119 e. The molecule has 8 nitrogen and oxygen atoms in total. The van der Waals surface area contributed by atoms with Crippen molar-refractivity contribution < 1.29 is 4.84 Å². The Morgan fingerprint density at radius 2 is 0.500 bits per heavy atom. The maximum absolute atomic E-state index is 4.55. The highest BCUT2D eigenvalue weighted by molar-refractivity contribution is 5.87. The van der Waals surface area contributed by atoms with Crippen LogP contribution in [-0.4, -0.2) is 29.9 Å². The highest BCUT2D eigenvalue weighted by Crippen LogP contribution is 2.17. The summed E-state index contributed by atoms with van der Waals surface area (Å²) in [7, 11) is 0. The van der Waals surface area contributed by atoms with Gasteiger partial charge in [0.05, 0.1) is 66.2 Å². The lowest BCUT2D eigenvalue weighted by molar-refractivity contribution is 0.172. The van der Waals surface area contributed by atoms with E-state index in [1.54, 1.807) is 18.5 Å². The first-order valence-corrected chi connectivity index (χ1v) is 15.4. The fourth-order valence-electron chi connectivity index (χ4n) is 4.96. The van der Waals surface area contributed by atoms with Crippen LogP contribution in [0, 0.1) is 0 Å². The molecule has 0 unspecified atom stereocenters. The van der Waals surface area contributed by atoms with Crippen molar-refractivity contribution >= 4 is 66.2 Å². The summed E-state index contributed by atoms with van der Waals surface area (Å²) in [6, 6.07) is 47.5. The van der Waals surface area contributed by atoms with E-state index in [1.165, 1.54) is 0 Å². The largest absolute Gasteiger partial charge is 0.391 e. The SMILES string of the molecule is C1=CNOC=C1.c1ccc2nc3ccccc3nc2c1.c1ccc2nc3ccccc3nc2c1.c1ccc2nc3ccccc3nc2c1. The quantitative estimate of drug-likeness (QED) is 0.167. The summed E-state index contributed by atoms with van der Waals surface area (Å²) in [5.41, 5.74) is 13.9. The Bertz CT molecular complexity index is 1960. The lowest BCUT2D eigenvalue weighted by Gasteiger charge is -1.98. The molecule has 48 heavy (non-hydrogen) atoms. The Labute approximate surface area is 276 Å². The first-order chi connectivity index (χ1) is 23.8. The number of hydrogen-bond donors (Lipinski definition) is 1. The van der Waals surface area contributed by atoms with Gasteiger partial charge < -0.3 is 4.84 Å². The number of rotatable bonds is 0. The van der Waals surface area contributed by atoms with E-state index in [-0.39, 0.29) is 0 Å². The molecule has 0 saturated carbocycles. The van der Waals surface area contributed by atoms with Crippen LogP contribution in [0.1, 0.15) is 0 Å².